The smallest absolute Gasteiger partial charge is 0.545 e. The molecule has 0 N–H and O–H groups in total. The van der Waals surface area contributed by atoms with Crippen LogP contribution in [0.25, 0.3) is 22.4 Å². The van der Waals surface area contributed by atoms with Gasteiger partial charge in [-0.2, -0.15) is 0 Å². The van der Waals surface area contributed by atoms with Gasteiger partial charge in [0, 0.05) is 0 Å². The van der Waals surface area contributed by atoms with Crippen LogP contribution in [0.1, 0.15) is 80.1 Å². The zero-order chi connectivity index (χ0) is 25.5. The number of carboxylic acid groups (broad SMARTS) is 2. The van der Waals surface area contributed by atoms with Gasteiger partial charge in [-0.15, -0.1) is 0 Å². The van der Waals surface area contributed by atoms with E-state index in [0.29, 0.717) is 16.7 Å². The van der Waals surface area contributed by atoms with Gasteiger partial charge >= 0.3 is 103 Å². The first-order valence-corrected chi connectivity index (χ1v) is 11.9. The number of aliphatic carboxylic acids is 1. The van der Waals surface area contributed by atoms with Crippen LogP contribution in [0.4, 0.5) is 0 Å². The summed E-state index contributed by atoms with van der Waals surface area (Å²) in [6, 6.07) is 17.1. The number of hydrogen-bond donors (Lipinski definition) is 0. The van der Waals surface area contributed by atoms with Gasteiger partial charge in [-0.25, -0.2) is 0 Å². The maximum Gasteiger partial charge on any atom is 1.00 e. The van der Waals surface area contributed by atoms with Gasteiger partial charge in [0.25, 0.3) is 0 Å². The molecular formula is C31H30K2O4. The molecule has 6 heteroatoms. The molecule has 0 unspecified atom stereocenters. The molecule has 0 amide bonds. The molecule has 0 aliphatic heterocycles. The third kappa shape index (κ3) is 7.43. The van der Waals surface area contributed by atoms with Crippen molar-refractivity contribution in [2.45, 2.75) is 58.3 Å². The Balaban J connectivity index is 0.00000241. The number of fused-ring (bicyclic) bond motifs is 2. The maximum absolute atomic E-state index is 11.4. The van der Waals surface area contributed by atoms with Crippen molar-refractivity contribution in [3.63, 3.8) is 0 Å². The molecule has 180 valence electrons. The van der Waals surface area contributed by atoms with E-state index in [0.717, 1.165) is 35.3 Å². The van der Waals surface area contributed by atoms with Crippen molar-refractivity contribution in [3.8, 4) is 0 Å². The molecule has 4 nitrogen and oxygen atoms in total. The van der Waals surface area contributed by atoms with Crippen LogP contribution in [0, 0.1) is 0 Å². The minimum absolute atomic E-state index is 0. The zero-order valence-electron chi connectivity index (χ0n) is 22.9. The van der Waals surface area contributed by atoms with Gasteiger partial charge in [0.1, 0.15) is 0 Å². The van der Waals surface area contributed by atoms with Gasteiger partial charge in [-0.05, 0) is 105 Å². The Morgan fingerprint density at radius 2 is 1.35 bits per heavy atom. The summed E-state index contributed by atoms with van der Waals surface area (Å²) < 4.78 is 0. The molecule has 0 fully saturated rings. The Labute approximate surface area is 304 Å². The maximum atomic E-state index is 11.4. The molecule has 4 rings (SSSR count). The summed E-state index contributed by atoms with van der Waals surface area (Å²) >= 11 is 0. The molecule has 37 heavy (non-hydrogen) atoms. The first kappa shape index (κ1) is 32.8. The van der Waals surface area contributed by atoms with Crippen LogP contribution in [0.5, 0.6) is 0 Å². The van der Waals surface area contributed by atoms with Crippen LogP contribution in [-0.2, 0) is 15.6 Å². The third-order valence-electron chi connectivity index (χ3n) is 7.31. The molecular weight excluding hydrogens is 515 g/mol. The SMILES string of the molecule is CC(=C/C(=O)[O-])/C(=C/c1ccc2cc3c(cc2c1)C(C)(C)CCC3(C)C)c1cccc(C(=O)[O-])c1.[K+].[K+]. The average Bonchev–Trinajstić information content (AvgIpc) is 2.79. The first-order valence-electron chi connectivity index (χ1n) is 11.9. The number of aromatic carboxylic acids is 1. The van der Waals surface area contributed by atoms with Gasteiger partial charge < -0.3 is 19.8 Å². The molecule has 1 aliphatic carbocycles. The van der Waals surface area contributed by atoms with Crippen molar-refractivity contribution >= 4 is 34.4 Å². The average molecular weight is 545 g/mol. The summed E-state index contributed by atoms with van der Waals surface area (Å²) in [5.41, 5.74) is 5.58. The summed E-state index contributed by atoms with van der Waals surface area (Å²) in [5, 5.41) is 25.0. The number of rotatable bonds is 5. The van der Waals surface area contributed by atoms with Crippen molar-refractivity contribution in [2.75, 3.05) is 0 Å². The topological polar surface area (TPSA) is 80.3 Å². The van der Waals surface area contributed by atoms with Crippen molar-refractivity contribution < 1.29 is 123 Å². The van der Waals surface area contributed by atoms with Crippen LogP contribution in [0.3, 0.4) is 0 Å². The van der Waals surface area contributed by atoms with Crippen molar-refractivity contribution in [2.24, 2.45) is 0 Å². The molecule has 0 heterocycles. The van der Waals surface area contributed by atoms with E-state index >= 15 is 0 Å². The normalized spacial score (nSPS) is 16.2. The Morgan fingerprint density at radius 3 is 1.92 bits per heavy atom. The van der Waals surface area contributed by atoms with E-state index in [1.165, 1.54) is 23.3 Å². The van der Waals surface area contributed by atoms with Crippen LogP contribution in [0.2, 0.25) is 0 Å². The monoisotopic (exact) mass is 544 g/mol. The quantitative estimate of drug-likeness (QED) is 0.175. The minimum atomic E-state index is -1.31. The Hall–Kier alpha value is -0.387. The fraction of sp³-hybridized carbons (Fsp3) is 0.290. The van der Waals surface area contributed by atoms with Crippen LogP contribution in [0.15, 0.2) is 66.2 Å². The van der Waals surface area contributed by atoms with Crippen LogP contribution < -0.4 is 113 Å². The van der Waals surface area contributed by atoms with E-state index in [2.05, 4.69) is 52.0 Å². The summed E-state index contributed by atoms with van der Waals surface area (Å²) in [4.78, 5) is 22.7. The number of hydrogen-bond acceptors (Lipinski definition) is 4. The number of allylic oxidation sites excluding steroid dienone is 2. The Morgan fingerprint density at radius 1 is 0.784 bits per heavy atom. The molecule has 1 aliphatic rings. The predicted molar refractivity (Wildman–Crippen MR) is 137 cm³/mol. The zero-order valence-corrected chi connectivity index (χ0v) is 29.1. The molecule has 0 bridgehead atoms. The van der Waals surface area contributed by atoms with Gasteiger partial charge in [0.2, 0.25) is 0 Å². The minimum Gasteiger partial charge on any atom is -0.545 e. The van der Waals surface area contributed by atoms with E-state index < -0.39 is 11.9 Å². The van der Waals surface area contributed by atoms with E-state index in [9.17, 15) is 19.8 Å². The van der Waals surface area contributed by atoms with Gasteiger partial charge in [-0.1, -0.05) is 70.2 Å². The predicted octanol–water partition coefficient (Wildman–Crippen LogP) is -1.20. The number of carbonyl (C=O) groups is 2. The first-order chi connectivity index (χ1) is 16.4. The molecule has 0 spiro atoms. The summed E-state index contributed by atoms with van der Waals surface area (Å²) in [6.45, 7) is 10.9. The van der Waals surface area contributed by atoms with E-state index in [4.69, 9.17) is 0 Å². The number of benzene rings is 3. The van der Waals surface area contributed by atoms with Gasteiger partial charge in [0.05, 0.1) is 11.9 Å². The van der Waals surface area contributed by atoms with Crippen molar-refractivity contribution in [3.05, 3.63) is 94.1 Å². The van der Waals surface area contributed by atoms with Gasteiger partial charge in [-0.3, -0.25) is 0 Å². The number of carbonyl (C=O) groups excluding carboxylic acids is 2. The Bertz CT molecular complexity index is 1410. The second-order valence-electron chi connectivity index (χ2n) is 10.8. The molecule has 3 aromatic rings. The second-order valence-corrected chi connectivity index (χ2v) is 10.8. The van der Waals surface area contributed by atoms with Gasteiger partial charge in [0.15, 0.2) is 0 Å². The molecule has 0 saturated heterocycles. The standard InChI is InChI=1S/C31H32O4.2K/c1-19(13-28(32)33)25(22-7-6-8-23(16-22)29(34)35)15-20-9-10-21-17-26-27(18-24(21)14-20)31(4,5)12-11-30(26,2)3;;/h6-10,13-18H,11-12H2,1-5H3,(H,32,33)(H,34,35);;/q;2*+1/p-2/b19-13-,25-15-;;. The van der Waals surface area contributed by atoms with Crippen LogP contribution >= 0.6 is 0 Å². The van der Waals surface area contributed by atoms with E-state index in [1.54, 1.807) is 19.1 Å². The summed E-state index contributed by atoms with van der Waals surface area (Å²) in [6.07, 6.45) is 5.19. The van der Waals surface area contributed by atoms with Crippen molar-refractivity contribution in [1.29, 1.82) is 0 Å². The second kappa shape index (κ2) is 12.9. The molecule has 0 aromatic heterocycles. The Kier molecular flexibility index (Phi) is 11.4. The van der Waals surface area contributed by atoms with Crippen molar-refractivity contribution in [1.82, 2.24) is 0 Å². The number of carboxylic acids is 2. The van der Waals surface area contributed by atoms with E-state index in [1.807, 2.05) is 12.1 Å². The summed E-state index contributed by atoms with van der Waals surface area (Å²) in [7, 11) is 0. The molecule has 0 radical (unpaired) electrons. The molecule has 0 saturated carbocycles. The largest absolute Gasteiger partial charge is 1.00 e. The van der Waals surface area contributed by atoms with Crippen LogP contribution in [-0.4, -0.2) is 11.9 Å². The molecule has 3 aromatic carbocycles. The third-order valence-corrected chi connectivity index (χ3v) is 7.31. The van der Waals surface area contributed by atoms with E-state index in [-0.39, 0.29) is 119 Å². The fourth-order valence-corrected chi connectivity index (χ4v) is 5.08. The summed E-state index contributed by atoms with van der Waals surface area (Å²) in [5.74, 6) is -2.59. The molecule has 0 atom stereocenters. The fourth-order valence-electron chi connectivity index (χ4n) is 5.08.